The van der Waals surface area contributed by atoms with E-state index in [0.29, 0.717) is 0 Å². The molecule has 0 saturated heterocycles. The first-order valence-corrected chi connectivity index (χ1v) is 6.37. The molecule has 1 N–H and O–H groups in total. The molecule has 2 atom stereocenters. The highest BCUT2D eigenvalue weighted by atomic mass is 16.5. The molecule has 0 fully saturated rings. The molecular weight excluding hydrogens is 240 g/mol. The minimum absolute atomic E-state index is 0.0879. The molecule has 4 nitrogen and oxygen atoms in total. The molecule has 0 spiro atoms. The van der Waals surface area contributed by atoms with Crippen LogP contribution in [0.3, 0.4) is 0 Å². The van der Waals surface area contributed by atoms with Crippen molar-refractivity contribution < 1.29 is 9.47 Å². The quantitative estimate of drug-likeness (QED) is 0.856. The first kappa shape index (κ1) is 15.3. The van der Waals surface area contributed by atoms with Crippen molar-refractivity contribution >= 4 is 0 Å². The molecule has 0 saturated carbocycles. The van der Waals surface area contributed by atoms with Gasteiger partial charge in [-0.3, -0.25) is 0 Å². The van der Waals surface area contributed by atoms with Crippen LogP contribution in [0.4, 0.5) is 0 Å². The normalized spacial score (nSPS) is 13.7. The van der Waals surface area contributed by atoms with Gasteiger partial charge in [0.25, 0.3) is 0 Å². The number of methoxy groups -OCH3 is 2. The van der Waals surface area contributed by atoms with E-state index in [2.05, 4.69) is 11.4 Å². The van der Waals surface area contributed by atoms with Crippen molar-refractivity contribution in [1.82, 2.24) is 5.32 Å². The summed E-state index contributed by atoms with van der Waals surface area (Å²) in [6.45, 7) is 4.09. The van der Waals surface area contributed by atoms with Crippen molar-refractivity contribution in [3.8, 4) is 17.6 Å². The summed E-state index contributed by atoms with van der Waals surface area (Å²) in [5.74, 6) is 1.64. The topological polar surface area (TPSA) is 54.3 Å². The third-order valence-corrected chi connectivity index (χ3v) is 3.31. The number of rotatable bonds is 6. The van der Waals surface area contributed by atoms with Gasteiger partial charge in [-0.15, -0.1) is 0 Å². The minimum Gasteiger partial charge on any atom is -0.497 e. The summed E-state index contributed by atoms with van der Waals surface area (Å²) in [6.07, 6.45) is 0. The summed E-state index contributed by atoms with van der Waals surface area (Å²) < 4.78 is 10.7. The second-order valence-corrected chi connectivity index (χ2v) is 4.77. The third-order valence-electron chi connectivity index (χ3n) is 3.31. The molecule has 4 heteroatoms. The molecule has 0 aromatic heterocycles. The predicted octanol–water partition coefficient (Wildman–Crippen LogP) is 2.76. The van der Waals surface area contributed by atoms with Gasteiger partial charge in [-0.05, 0) is 31.2 Å². The largest absolute Gasteiger partial charge is 0.497 e. The van der Waals surface area contributed by atoms with Gasteiger partial charge in [0.1, 0.15) is 11.5 Å². The van der Waals surface area contributed by atoms with E-state index in [0.717, 1.165) is 17.1 Å². The van der Waals surface area contributed by atoms with Gasteiger partial charge in [0.15, 0.2) is 0 Å². The Morgan fingerprint density at radius 3 is 2.32 bits per heavy atom. The lowest BCUT2D eigenvalue weighted by molar-refractivity contribution is 0.341. The zero-order valence-electron chi connectivity index (χ0n) is 12.2. The molecule has 1 aromatic rings. The van der Waals surface area contributed by atoms with Crippen LogP contribution in [-0.2, 0) is 0 Å². The first-order chi connectivity index (χ1) is 9.08. The monoisotopic (exact) mass is 262 g/mol. The highest BCUT2D eigenvalue weighted by Crippen LogP contribution is 2.35. The molecule has 0 aliphatic heterocycles. The molecule has 1 aromatic carbocycles. The Hall–Kier alpha value is -1.73. The average Bonchev–Trinajstić information content (AvgIpc) is 2.43. The van der Waals surface area contributed by atoms with E-state index in [1.807, 2.05) is 39.1 Å². The molecule has 0 amide bonds. The zero-order valence-corrected chi connectivity index (χ0v) is 12.2. The lowest BCUT2D eigenvalue weighted by atomic mass is 9.85. The fourth-order valence-electron chi connectivity index (χ4n) is 2.22. The summed E-state index contributed by atoms with van der Waals surface area (Å²) in [5, 5.41) is 12.6. The molecule has 2 unspecified atom stereocenters. The summed E-state index contributed by atoms with van der Waals surface area (Å²) in [6, 6.07) is 7.94. The van der Waals surface area contributed by atoms with E-state index < -0.39 is 0 Å². The van der Waals surface area contributed by atoms with Gasteiger partial charge in [0.2, 0.25) is 0 Å². The van der Waals surface area contributed by atoms with Gasteiger partial charge in [0.05, 0.1) is 32.2 Å². The number of nitrogens with zero attached hydrogens (tertiary/aromatic N) is 1. The van der Waals surface area contributed by atoms with Gasteiger partial charge in [-0.1, -0.05) is 13.8 Å². The molecular formula is C15H22N2O2. The maximum atomic E-state index is 9.39. The van der Waals surface area contributed by atoms with Crippen molar-refractivity contribution in [3.63, 3.8) is 0 Å². The predicted molar refractivity (Wildman–Crippen MR) is 75.3 cm³/mol. The molecule has 1 rings (SSSR count). The molecule has 19 heavy (non-hydrogen) atoms. The Bertz CT molecular complexity index is 452. The number of benzene rings is 1. The average molecular weight is 262 g/mol. The van der Waals surface area contributed by atoms with Gasteiger partial charge >= 0.3 is 0 Å². The second kappa shape index (κ2) is 7.01. The number of hydrogen-bond acceptors (Lipinski definition) is 4. The Balaban J connectivity index is 3.26. The van der Waals surface area contributed by atoms with Gasteiger partial charge in [-0.25, -0.2) is 0 Å². The summed E-state index contributed by atoms with van der Waals surface area (Å²) in [7, 11) is 5.12. The third kappa shape index (κ3) is 3.39. The van der Waals surface area contributed by atoms with E-state index in [1.54, 1.807) is 14.2 Å². The van der Waals surface area contributed by atoms with Crippen LogP contribution in [-0.4, -0.2) is 21.3 Å². The van der Waals surface area contributed by atoms with Gasteiger partial charge < -0.3 is 14.8 Å². The van der Waals surface area contributed by atoms with E-state index >= 15 is 0 Å². The maximum absolute atomic E-state index is 9.39. The van der Waals surface area contributed by atoms with Crippen molar-refractivity contribution in [2.75, 3.05) is 21.3 Å². The number of nitriles is 1. The van der Waals surface area contributed by atoms with Crippen molar-refractivity contribution in [2.24, 2.45) is 11.8 Å². The number of ether oxygens (including phenoxy) is 2. The van der Waals surface area contributed by atoms with E-state index in [-0.39, 0.29) is 17.9 Å². The molecule has 0 aliphatic carbocycles. The highest BCUT2D eigenvalue weighted by Gasteiger charge is 2.27. The van der Waals surface area contributed by atoms with Crippen LogP contribution in [0.15, 0.2) is 18.2 Å². The molecule has 0 bridgehead atoms. The Morgan fingerprint density at radius 2 is 1.89 bits per heavy atom. The lowest BCUT2D eigenvalue weighted by Gasteiger charge is -2.26. The Kier molecular flexibility index (Phi) is 5.65. The second-order valence-electron chi connectivity index (χ2n) is 4.77. The van der Waals surface area contributed by atoms with Crippen molar-refractivity contribution in [1.29, 1.82) is 5.26 Å². The van der Waals surface area contributed by atoms with E-state index in [4.69, 9.17) is 9.47 Å². The van der Waals surface area contributed by atoms with E-state index in [1.165, 1.54) is 0 Å². The van der Waals surface area contributed by atoms with Crippen LogP contribution in [0.1, 0.15) is 25.5 Å². The first-order valence-electron chi connectivity index (χ1n) is 6.37. The SMILES string of the molecule is CNC(c1cc(OC)ccc1OC)C(C#N)C(C)C. The van der Waals surface area contributed by atoms with Crippen molar-refractivity contribution in [3.05, 3.63) is 23.8 Å². The van der Waals surface area contributed by atoms with Gasteiger partial charge in [0, 0.05) is 5.56 Å². The Morgan fingerprint density at radius 1 is 1.21 bits per heavy atom. The van der Waals surface area contributed by atoms with Crippen LogP contribution in [0.25, 0.3) is 0 Å². The van der Waals surface area contributed by atoms with E-state index in [9.17, 15) is 5.26 Å². The van der Waals surface area contributed by atoms with Crippen LogP contribution in [0, 0.1) is 23.2 Å². The zero-order chi connectivity index (χ0) is 14.4. The number of nitrogens with one attached hydrogen (secondary N) is 1. The molecule has 0 aliphatic rings. The fourth-order valence-corrected chi connectivity index (χ4v) is 2.22. The summed E-state index contributed by atoms with van der Waals surface area (Å²) >= 11 is 0. The highest BCUT2D eigenvalue weighted by molar-refractivity contribution is 5.43. The molecule has 0 radical (unpaired) electrons. The number of hydrogen-bond donors (Lipinski definition) is 1. The smallest absolute Gasteiger partial charge is 0.123 e. The van der Waals surface area contributed by atoms with Crippen LogP contribution >= 0.6 is 0 Å². The minimum atomic E-state index is -0.133. The summed E-state index contributed by atoms with van der Waals surface area (Å²) in [4.78, 5) is 0. The van der Waals surface area contributed by atoms with Crippen molar-refractivity contribution in [2.45, 2.75) is 19.9 Å². The standard InChI is InChI=1S/C15H22N2O2/c1-10(2)13(9-16)15(17-3)12-8-11(18-4)6-7-14(12)19-5/h6-8,10,13,15,17H,1-5H3. The maximum Gasteiger partial charge on any atom is 0.123 e. The van der Waals surface area contributed by atoms with Crippen LogP contribution < -0.4 is 14.8 Å². The molecule has 0 heterocycles. The summed E-state index contributed by atoms with van der Waals surface area (Å²) in [5.41, 5.74) is 0.949. The van der Waals surface area contributed by atoms with Crippen LogP contribution in [0.5, 0.6) is 11.5 Å². The Labute approximate surface area is 115 Å². The lowest BCUT2D eigenvalue weighted by Crippen LogP contribution is -2.28. The van der Waals surface area contributed by atoms with Crippen LogP contribution in [0.2, 0.25) is 0 Å². The van der Waals surface area contributed by atoms with Gasteiger partial charge in [-0.2, -0.15) is 5.26 Å². The molecule has 104 valence electrons. The fraction of sp³-hybridized carbons (Fsp3) is 0.533.